The van der Waals surface area contributed by atoms with Crippen LogP contribution in [0.3, 0.4) is 0 Å². The minimum absolute atomic E-state index is 0.0280. The Balaban J connectivity index is 2.18. The number of aliphatic hydroxyl groups excluding tert-OH is 1. The Morgan fingerprint density at radius 2 is 2.00 bits per heavy atom. The number of anilines is 2. The summed E-state index contributed by atoms with van der Waals surface area (Å²) >= 11 is 0. The Morgan fingerprint density at radius 3 is 2.70 bits per heavy atom. The first-order valence-electron chi connectivity index (χ1n) is 6.57. The third kappa shape index (κ3) is 2.59. The van der Waals surface area contributed by atoms with E-state index >= 15 is 0 Å². The third-order valence-corrected chi connectivity index (χ3v) is 3.27. The van der Waals surface area contributed by atoms with Crippen molar-refractivity contribution in [1.82, 2.24) is 9.38 Å². The van der Waals surface area contributed by atoms with Crippen LogP contribution in [-0.2, 0) is 6.61 Å². The average molecular weight is 319 g/mol. The van der Waals surface area contributed by atoms with Gasteiger partial charge in [0, 0.05) is 18.0 Å². The van der Waals surface area contributed by atoms with E-state index in [1.54, 1.807) is 0 Å². The summed E-state index contributed by atoms with van der Waals surface area (Å²) in [5.74, 6) is -2.37. The molecule has 0 saturated heterocycles. The first kappa shape index (κ1) is 14.9. The number of hydrogen-bond acceptors (Lipinski definition) is 5. The lowest BCUT2D eigenvalue weighted by Gasteiger charge is -2.12. The summed E-state index contributed by atoms with van der Waals surface area (Å²) in [6, 6.07) is 5.87. The Kier molecular flexibility index (Phi) is 3.67. The van der Waals surface area contributed by atoms with E-state index in [2.05, 4.69) is 10.3 Å². The van der Waals surface area contributed by atoms with Crippen molar-refractivity contribution in [2.75, 3.05) is 5.32 Å². The lowest BCUT2D eigenvalue weighted by atomic mass is 10.2. The number of rotatable bonds is 3. The normalized spacial score (nSPS) is 10.9. The van der Waals surface area contributed by atoms with Crippen LogP contribution in [0.15, 0.2) is 41.3 Å². The number of aromatic hydroxyl groups is 1. The molecule has 3 rings (SSSR count). The van der Waals surface area contributed by atoms with Crippen molar-refractivity contribution in [1.29, 1.82) is 0 Å². The molecule has 0 amide bonds. The van der Waals surface area contributed by atoms with E-state index in [4.69, 9.17) is 0 Å². The quantitative estimate of drug-likeness (QED) is 0.686. The van der Waals surface area contributed by atoms with Crippen LogP contribution in [0.5, 0.6) is 5.75 Å². The van der Waals surface area contributed by atoms with Gasteiger partial charge in [0.1, 0.15) is 5.82 Å². The minimum Gasteiger partial charge on any atom is -0.504 e. The summed E-state index contributed by atoms with van der Waals surface area (Å²) in [4.78, 5) is 16.4. The maximum Gasteiger partial charge on any atom is 0.265 e. The Labute approximate surface area is 128 Å². The summed E-state index contributed by atoms with van der Waals surface area (Å²) in [6.45, 7) is -0.615. The number of nitrogens with zero attached hydrogens (tertiary/aromatic N) is 2. The van der Waals surface area contributed by atoms with Crippen LogP contribution in [0.25, 0.3) is 5.65 Å². The predicted octanol–water partition coefficient (Wildman–Crippen LogP) is 1.91. The Hall–Kier alpha value is -3.00. The molecule has 0 fully saturated rings. The molecule has 2 aromatic heterocycles. The van der Waals surface area contributed by atoms with Crippen LogP contribution >= 0.6 is 0 Å². The van der Waals surface area contributed by atoms with Gasteiger partial charge in [-0.05, 0) is 24.3 Å². The number of pyridine rings is 1. The fourth-order valence-electron chi connectivity index (χ4n) is 2.14. The van der Waals surface area contributed by atoms with Gasteiger partial charge in [0.2, 0.25) is 0 Å². The van der Waals surface area contributed by atoms with Crippen molar-refractivity contribution < 1.29 is 19.0 Å². The molecule has 0 aliphatic heterocycles. The molecule has 118 valence electrons. The van der Waals surface area contributed by atoms with Gasteiger partial charge in [0.15, 0.2) is 23.0 Å². The molecule has 0 radical (unpaired) electrons. The van der Waals surface area contributed by atoms with Crippen LogP contribution in [-0.4, -0.2) is 19.6 Å². The second-order valence-electron chi connectivity index (χ2n) is 4.74. The monoisotopic (exact) mass is 319 g/mol. The molecule has 3 aromatic rings. The van der Waals surface area contributed by atoms with Crippen molar-refractivity contribution >= 4 is 17.2 Å². The van der Waals surface area contributed by atoms with Crippen LogP contribution in [0.4, 0.5) is 20.3 Å². The Bertz CT molecular complexity index is 957. The zero-order valence-electron chi connectivity index (χ0n) is 11.6. The molecular formula is C15H11F2N3O3. The number of fused-ring (bicyclic) bond motifs is 1. The van der Waals surface area contributed by atoms with E-state index in [1.165, 1.54) is 24.4 Å². The number of nitrogens with one attached hydrogen (secondary N) is 1. The van der Waals surface area contributed by atoms with Crippen LogP contribution in [0.1, 0.15) is 5.56 Å². The smallest absolute Gasteiger partial charge is 0.265 e. The minimum atomic E-state index is -1.07. The van der Waals surface area contributed by atoms with E-state index in [0.29, 0.717) is 0 Å². The van der Waals surface area contributed by atoms with Gasteiger partial charge in [0.25, 0.3) is 5.56 Å². The van der Waals surface area contributed by atoms with Crippen LogP contribution in [0, 0.1) is 11.6 Å². The zero-order chi connectivity index (χ0) is 16.6. The van der Waals surface area contributed by atoms with E-state index in [1.807, 2.05) is 0 Å². The molecule has 6 nitrogen and oxygen atoms in total. The SMILES string of the molecule is O=c1c(CO)c(Nc2ccc(F)c(F)c2)nc2c(O)cccn12. The van der Waals surface area contributed by atoms with E-state index in [9.17, 15) is 23.8 Å². The van der Waals surface area contributed by atoms with E-state index < -0.39 is 23.8 Å². The number of benzene rings is 1. The van der Waals surface area contributed by atoms with Gasteiger partial charge in [-0.15, -0.1) is 0 Å². The molecular weight excluding hydrogens is 308 g/mol. The Morgan fingerprint density at radius 1 is 1.22 bits per heavy atom. The van der Waals surface area contributed by atoms with Gasteiger partial charge >= 0.3 is 0 Å². The molecule has 0 bridgehead atoms. The van der Waals surface area contributed by atoms with Crippen molar-refractivity contribution in [2.45, 2.75) is 6.61 Å². The third-order valence-electron chi connectivity index (χ3n) is 3.27. The highest BCUT2D eigenvalue weighted by Gasteiger charge is 2.14. The van der Waals surface area contributed by atoms with Gasteiger partial charge in [-0.25, -0.2) is 13.8 Å². The summed E-state index contributed by atoms with van der Waals surface area (Å²) in [6.07, 6.45) is 1.39. The van der Waals surface area contributed by atoms with Gasteiger partial charge < -0.3 is 15.5 Å². The highest BCUT2D eigenvalue weighted by molar-refractivity contribution is 5.64. The molecule has 23 heavy (non-hydrogen) atoms. The molecule has 0 atom stereocenters. The van der Waals surface area contributed by atoms with Crippen molar-refractivity contribution in [2.24, 2.45) is 0 Å². The molecule has 0 unspecified atom stereocenters. The number of aliphatic hydroxyl groups is 1. The lowest BCUT2D eigenvalue weighted by Crippen LogP contribution is -2.21. The number of halogens is 2. The zero-order valence-corrected chi connectivity index (χ0v) is 11.6. The van der Waals surface area contributed by atoms with Crippen molar-refractivity contribution in [3.05, 3.63) is 64.1 Å². The van der Waals surface area contributed by atoms with E-state index in [-0.39, 0.29) is 28.5 Å². The molecule has 0 spiro atoms. The second-order valence-corrected chi connectivity index (χ2v) is 4.74. The average Bonchev–Trinajstić information content (AvgIpc) is 2.52. The fourth-order valence-corrected chi connectivity index (χ4v) is 2.14. The predicted molar refractivity (Wildman–Crippen MR) is 78.7 cm³/mol. The molecule has 0 aliphatic carbocycles. The van der Waals surface area contributed by atoms with Crippen LogP contribution < -0.4 is 10.9 Å². The largest absolute Gasteiger partial charge is 0.504 e. The topological polar surface area (TPSA) is 86.9 Å². The van der Waals surface area contributed by atoms with Crippen molar-refractivity contribution in [3.8, 4) is 5.75 Å². The maximum absolute atomic E-state index is 13.3. The first-order valence-corrected chi connectivity index (χ1v) is 6.57. The molecule has 0 saturated carbocycles. The van der Waals surface area contributed by atoms with Crippen LogP contribution in [0.2, 0.25) is 0 Å². The van der Waals surface area contributed by atoms with Gasteiger partial charge in [-0.3, -0.25) is 9.20 Å². The molecule has 2 heterocycles. The highest BCUT2D eigenvalue weighted by atomic mass is 19.2. The molecule has 8 heteroatoms. The number of hydrogen-bond donors (Lipinski definition) is 3. The summed E-state index contributed by atoms with van der Waals surface area (Å²) in [5, 5.41) is 21.9. The van der Waals surface area contributed by atoms with E-state index in [0.717, 1.165) is 16.5 Å². The summed E-state index contributed by atoms with van der Waals surface area (Å²) in [5.41, 5.74) is -0.540. The molecule has 1 aromatic carbocycles. The van der Waals surface area contributed by atoms with Gasteiger partial charge in [-0.2, -0.15) is 0 Å². The number of aromatic nitrogens is 2. The second kappa shape index (κ2) is 5.65. The summed E-state index contributed by atoms with van der Waals surface area (Å²) in [7, 11) is 0. The van der Waals surface area contributed by atoms with Gasteiger partial charge in [0.05, 0.1) is 12.2 Å². The first-order chi connectivity index (χ1) is 11.0. The summed E-state index contributed by atoms with van der Waals surface area (Å²) < 4.78 is 27.3. The maximum atomic E-state index is 13.3. The van der Waals surface area contributed by atoms with Gasteiger partial charge in [-0.1, -0.05) is 0 Å². The lowest BCUT2D eigenvalue weighted by molar-refractivity contribution is 0.280. The molecule has 3 N–H and O–H groups in total. The van der Waals surface area contributed by atoms with Crippen molar-refractivity contribution in [3.63, 3.8) is 0 Å². The standard InChI is InChI=1S/C15H11F2N3O3/c16-10-4-3-8(6-11(10)17)18-13-9(7-21)15(23)20-5-1-2-12(22)14(20)19-13/h1-6,18,21-22H,7H2. The fraction of sp³-hybridized carbons (Fsp3) is 0.0667. The highest BCUT2D eigenvalue weighted by Crippen LogP contribution is 2.22. The molecule has 0 aliphatic rings.